The number of carbonyl (C=O) groups is 2. The number of methoxy groups -OCH3 is 1. The molecule has 1 aliphatic heterocycles. The molecule has 1 aliphatic rings. The summed E-state index contributed by atoms with van der Waals surface area (Å²) in [6.45, 7) is 6.05. The van der Waals surface area contributed by atoms with Crippen molar-refractivity contribution in [3.8, 4) is 5.75 Å². The zero-order chi connectivity index (χ0) is 16.7. The van der Waals surface area contributed by atoms with Gasteiger partial charge < -0.3 is 20.1 Å². The van der Waals surface area contributed by atoms with Crippen molar-refractivity contribution >= 4 is 17.5 Å². The van der Waals surface area contributed by atoms with Gasteiger partial charge in [0.2, 0.25) is 5.91 Å². The van der Waals surface area contributed by atoms with Crippen LogP contribution in [0.3, 0.4) is 0 Å². The summed E-state index contributed by atoms with van der Waals surface area (Å²) in [4.78, 5) is 25.7. The maximum atomic E-state index is 12.2. The minimum atomic E-state index is -0.215. The van der Waals surface area contributed by atoms with Gasteiger partial charge in [-0.3, -0.25) is 14.5 Å². The average Bonchev–Trinajstić information content (AvgIpc) is 2.55. The van der Waals surface area contributed by atoms with Crippen molar-refractivity contribution in [1.29, 1.82) is 0 Å². The smallest absolute Gasteiger partial charge is 0.251 e. The monoisotopic (exact) mass is 321 g/mol. The first-order valence-corrected chi connectivity index (χ1v) is 7.64. The van der Waals surface area contributed by atoms with Crippen LogP contribution in [0.15, 0.2) is 18.2 Å². The first-order valence-electron chi connectivity index (χ1n) is 7.64. The second-order valence-corrected chi connectivity index (χ2v) is 5.31. The minimum absolute atomic E-state index is 0.174. The highest BCUT2D eigenvalue weighted by atomic mass is 16.5. The first-order chi connectivity index (χ1) is 11.1. The minimum Gasteiger partial charge on any atom is -0.495 e. The van der Waals surface area contributed by atoms with Crippen LogP contribution in [-0.2, 0) is 9.53 Å². The fourth-order valence-electron chi connectivity index (χ4n) is 2.39. The normalized spacial score (nSPS) is 15.0. The molecule has 1 saturated heterocycles. The quantitative estimate of drug-likeness (QED) is 0.807. The van der Waals surface area contributed by atoms with Crippen molar-refractivity contribution in [3.63, 3.8) is 0 Å². The van der Waals surface area contributed by atoms with Gasteiger partial charge in [0.1, 0.15) is 5.75 Å². The summed E-state index contributed by atoms with van der Waals surface area (Å²) < 4.78 is 10.5. The van der Waals surface area contributed by atoms with Gasteiger partial charge in [-0.15, -0.1) is 0 Å². The van der Waals surface area contributed by atoms with Gasteiger partial charge in [0.05, 0.1) is 26.0 Å². The number of benzene rings is 1. The fraction of sp³-hybridized carbons (Fsp3) is 0.500. The summed E-state index contributed by atoms with van der Waals surface area (Å²) >= 11 is 0. The fourth-order valence-corrected chi connectivity index (χ4v) is 2.39. The molecule has 0 unspecified atom stereocenters. The van der Waals surface area contributed by atoms with Crippen molar-refractivity contribution in [2.75, 3.05) is 51.8 Å². The zero-order valence-electron chi connectivity index (χ0n) is 13.6. The highest BCUT2D eigenvalue weighted by Gasteiger charge is 2.13. The Bertz CT molecular complexity index is 556. The van der Waals surface area contributed by atoms with Crippen LogP contribution in [0.1, 0.15) is 17.3 Å². The van der Waals surface area contributed by atoms with E-state index in [0.29, 0.717) is 23.5 Å². The molecular formula is C16H23N3O4. The van der Waals surface area contributed by atoms with Crippen molar-refractivity contribution in [2.45, 2.75) is 6.92 Å². The van der Waals surface area contributed by atoms with Crippen LogP contribution < -0.4 is 15.4 Å². The average molecular weight is 321 g/mol. The number of nitrogens with zero attached hydrogens (tertiary/aromatic N) is 1. The van der Waals surface area contributed by atoms with Crippen molar-refractivity contribution in [2.24, 2.45) is 0 Å². The van der Waals surface area contributed by atoms with Gasteiger partial charge in [-0.1, -0.05) is 0 Å². The van der Waals surface area contributed by atoms with Crippen LogP contribution in [0, 0.1) is 0 Å². The Labute approximate surface area is 135 Å². The van der Waals surface area contributed by atoms with Gasteiger partial charge in [-0.2, -0.15) is 0 Å². The molecule has 0 atom stereocenters. The van der Waals surface area contributed by atoms with E-state index in [9.17, 15) is 9.59 Å². The summed E-state index contributed by atoms with van der Waals surface area (Å²) in [5, 5.41) is 5.55. The molecular weight excluding hydrogens is 298 g/mol. The van der Waals surface area contributed by atoms with E-state index in [0.717, 1.165) is 32.8 Å². The van der Waals surface area contributed by atoms with E-state index in [2.05, 4.69) is 15.5 Å². The molecule has 2 rings (SSSR count). The molecule has 7 heteroatoms. The number of hydrogen-bond donors (Lipinski definition) is 2. The molecule has 0 radical (unpaired) electrons. The molecule has 23 heavy (non-hydrogen) atoms. The Balaban J connectivity index is 1.91. The summed E-state index contributed by atoms with van der Waals surface area (Å²) in [7, 11) is 1.52. The van der Waals surface area contributed by atoms with Crippen molar-refractivity contribution in [3.05, 3.63) is 23.8 Å². The first kappa shape index (κ1) is 17.2. The predicted octanol–water partition coefficient (Wildman–Crippen LogP) is 0.716. The molecule has 1 fully saturated rings. The van der Waals surface area contributed by atoms with Crippen LogP contribution >= 0.6 is 0 Å². The largest absolute Gasteiger partial charge is 0.495 e. The Morgan fingerprint density at radius 3 is 2.70 bits per heavy atom. The van der Waals surface area contributed by atoms with Gasteiger partial charge in [0.25, 0.3) is 5.91 Å². The second-order valence-electron chi connectivity index (χ2n) is 5.31. The van der Waals surface area contributed by atoms with Gasteiger partial charge >= 0.3 is 0 Å². The maximum absolute atomic E-state index is 12.2. The third-order valence-corrected chi connectivity index (χ3v) is 3.59. The van der Waals surface area contributed by atoms with Crippen LogP contribution in [0.2, 0.25) is 0 Å². The maximum Gasteiger partial charge on any atom is 0.251 e. The highest BCUT2D eigenvalue weighted by Crippen LogP contribution is 2.25. The highest BCUT2D eigenvalue weighted by molar-refractivity contribution is 5.97. The van der Waals surface area contributed by atoms with Crippen molar-refractivity contribution < 1.29 is 19.1 Å². The third-order valence-electron chi connectivity index (χ3n) is 3.59. The zero-order valence-corrected chi connectivity index (χ0v) is 13.6. The Morgan fingerprint density at radius 2 is 2.04 bits per heavy atom. The number of carbonyl (C=O) groups excluding carboxylic acids is 2. The molecule has 0 saturated carbocycles. The lowest BCUT2D eigenvalue weighted by molar-refractivity contribution is -0.114. The second kappa shape index (κ2) is 8.50. The Morgan fingerprint density at radius 1 is 1.30 bits per heavy atom. The third kappa shape index (κ3) is 5.22. The Kier molecular flexibility index (Phi) is 6.37. The van der Waals surface area contributed by atoms with Crippen LogP contribution in [0.5, 0.6) is 5.75 Å². The number of morpholine rings is 1. The molecule has 126 valence electrons. The number of hydrogen-bond acceptors (Lipinski definition) is 5. The van der Waals surface area contributed by atoms with Crippen LogP contribution in [0.4, 0.5) is 5.69 Å². The molecule has 1 aromatic carbocycles. The lowest BCUT2D eigenvalue weighted by Gasteiger charge is -2.26. The van der Waals surface area contributed by atoms with E-state index < -0.39 is 0 Å². The van der Waals surface area contributed by atoms with E-state index in [-0.39, 0.29) is 11.8 Å². The Hall–Kier alpha value is -2.12. The van der Waals surface area contributed by atoms with E-state index >= 15 is 0 Å². The summed E-state index contributed by atoms with van der Waals surface area (Å²) in [6.07, 6.45) is 0. The molecule has 1 heterocycles. The molecule has 2 amide bonds. The van der Waals surface area contributed by atoms with Gasteiger partial charge in [-0.05, 0) is 18.2 Å². The van der Waals surface area contributed by atoms with Crippen LogP contribution in [0.25, 0.3) is 0 Å². The number of rotatable bonds is 6. The molecule has 0 bridgehead atoms. The van der Waals surface area contributed by atoms with Gasteiger partial charge in [-0.25, -0.2) is 0 Å². The number of amides is 2. The van der Waals surface area contributed by atoms with Gasteiger partial charge in [0.15, 0.2) is 0 Å². The topological polar surface area (TPSA) is 79.9 Å². The molecule has 7 nitrogen and oxygen atoms in total. The van der Waals surface area contributed by atoms with Crippen LogP contribution in [-0.4, -0.2) is 63.2 Å². The molecule has 0 spiro atoms. The van der Waals surface area contributed by atoms with E-state index in [1.54, 1.807) is 18.2 Å². The lowest BCUT2D eigenvalue weighted by atomic mass is 10.1. The molecule has 0 aliphatic carbocycles. The van der Waals surface area contributed by atoms with E-state index in [1.165, 1.54) is 14.0 Å². The van der Waals surface area contributed by atoms with E-state index in [1.807, 2.05) is 0 Å². The number of ether oxygens (including phenoxy) is 2. The predicted molar refractivity (Wildman–Crippen MR) is 86.9 cm³/mol. The SMILES string of the molecule is COc1ccc(C(=O)NCCN2CCOCC2)cc1NC(C)=O. The molecule has 2 N–H and O–H groups in total. The van der Waals surface area contributed by atoms with E-state index in [4.69, 9.17) is 9.47 Å². The lowest BCUT2D eigenvalue weighted by Crippen LogP contribution is -2.41. The number of nitrogens with one attached hydrogen (secondary N) is 2. The van der Waals surface area contributed by atoms with Crippen molar-refractivity contribution in [1.82, 2.24) is 10.2 Å². The molecule has 1 aromatic rings. The standard InChI is InChI=1S/C16H23N3O4/c1-12(20)18-14-11-13(3-4-15(14)22-2)16(21)17-5-6-19-7-9-23-10-8-19/h3-4,11H,5-10H2,1-2H3,(H,17,21)(H,18,20). The summed E-state index contributed by atoms with van der Waals surface area (Å²) in [5.41, 5.74) is 0.970. The summed E-state index contributed by atoms with van der Waals surface area (Å²) in [6, 6.07) is 4.96. The molecule has 0 aromatic heterocycles. The van der Waals surface area contributed by atoms with Gasteiger partial charge in [0, 0.05) is 38.7 Å². The number of anilines is 1. The summed E-state index contributed by atoms with van der Waals surface area (Å²) in [5.74, 6) is 0.130.